The lowest BCUT2D eigenvalue weighted by Gasteiger charge is -1.96. The normalized spacial score (nSPS) is 10.8. The molecule has 0 atom stereocenters. The van der Waals surface area contributed by atoms with Crippen molar-refractivity contribution in [2.45, 2.75) is 6.92 Å². The minimum absolute atomic E-state index is 0.237. The van der Waals surface area contributed by atoms with E-state index in [1.807, 2.05) is 0 Å². The third-order valence-corrected chi connectivity index (χ3v) is 0.844. The van der Waals surface area contributed by atoms with Crippen molar-refractivity contribution in [1.82, 2.24) is 0 Å². The average molecular weight is 158 g/mol. The Morgan fingerprint density at radius 3 is 2.36 bits per heavy atom. The molecule has 0 unspecified atom stereocenters. The predicted octanol–water partition coefficient (Wildman–Crippen LogP) is -1.12. The molecule has 0 saturated heterocycles. The Morgan fingerprint density at radius 2 is 2.00 bits per heavy atom. The highest BCUT2D eigenvalue weighted by Gasteiger charge is 2.02. The SMILES string of the molecule is CCOC(=O)/C=C(\N)C(N)=O. The largest absolute Gasteiger partial charge is 0.463 e. The summed E-state index contributed by atoms with van der Waals surface area (Å²) >= 11 is 0. The van der Waals surface area contributed by atoms with Gasteiger partial charge in [-0.15, -0.1) is 0 Å². The Hall–Kier alpha value is -1.52. The van der Waals surface area contributed by atoms with Gasteiger partial charge in [0, 0.05) is 0 Å². The van der Waals surface area contributed by atoms with E-state index >= 15 is 0 Å². The van der Waals surface area contributed by atoms with E-state index in [2.05, 4.69) is 4.74 Å². The molecule has 0 heterocycles. The van der Waals surface area contributed by atoms with Gasteiger partial charge in [-0.25, -0.2) is 4.79 Å². The summed E-state index contributed by atoms with van der Waals surface area (Å²) in [6, 6.07) is 0. The van der Waals surface area contributed by atoms with Crippen LogP contribution < -0.4 is 11.5 Å². The molecular weight excluding hydrogens is 148 g/mol. The Bertz CT molecular complexity index is 198. The molecule has 0 rings (SSSR count). The highest BCUT2D eigenvalue weighted by Crippen LogP contribution is 1.85. The van der Waals surface area contributed by atoms with Crippen LogP contribution in [0.25, 0.3) is 0 Å². The van der Waals surface area contributed by atoms with E-state index in [0.717, 1.165) is 6.08 Å². The van der Waals surface area contributed by atoms with E-state index in [1.54, 1.807) is 6.92 Å². The second kappa shape index (κ2) is 4.32. The Labute approximate surface area is 64.0 Å². The van der Waals surface area contributed by atoms with Crippen LogP contribution in [0.4, 0.5) is 0 Å². The van der Waals surface area contributed by atoms with Crippen molar-refractivity contribution in [2.75, 3.05) is 6.61 Å². The van der Waals surface area contributed by atoms with Crippen molar-refractivity contribution in [1.29, 1.82) is 0 Å². The van der Waals surface area contributed by atoms with E-state index in [9.17, 15) is 9.59 Å². The minimum Gasteiger partial charge on any atom is -0.463 e. The minimum atomic E-state index is -0.835. The maximum absolute atomic E-state index is 10.6. The molecule has 0 aliphatic rings. The molecule has 0 aromatic carbocycles. The quantitative estimate of drug-likeness (QED) is 0.401. The molecule has 62 valence electrons. The lowest BCUT2D eigenvalue weighted by Crippen LogP contribution is -2.21. The fourth-order valence-electron chi connectivity index (χ4n) is 0.382. The fraction of sp³-hybridized carbons (Fsp3) is 0.333. The molecule has 0 aliphatic carbocycles. The molecule has 0 bridgehead atoms. The van der Waals surface area contributed by atoms with Gasteiger partial charge in [-0.1, -0.05) is 0 Å². The van der Waals surface area contributed by atoms with E-state index in [-0.39, 0.29) is 12.3 Å². The molecule has 5 nitrogen and oxygen atoms in total. The van der Waals surface area contributed by atoms with Gasteiger partial charge < -0.3 is 16.2 Å². The number of ether oxygens (including phenoxy) is 1. The molecule has 0 aromatic heterocycles. The van der Waals surface area contributed by atoms with Crippen molar-refractivity contribution in [3.05, 3.63) is 11.8 Å². The van der Waals surface area contributed by atoms with Crippen LogP contribution in [0, 0.1) is 0 Å². The van der Waals surface area contributed by atoms with E-state index in [0.29, 0.717) is 0 Å². The fourth-order valence-corrected chi connectivity index (χ4v) is 0.382. The van der Waals surface area contributed by atoms with Gasteiger partial charge in [0.25, 0.3) is 5.91 Å². The number of primary amides is 1. The smallest absolute Gasteiger partial charge is 0.333 e. The van der Waals surface area contributed by atoms with Crippen molar-refractivity contribution in [2.24, 2.45) is 11.5 Å². The maximum Gasteiger partial charge on any atom is 0.333 e. The summed E-state index contributed by atoms with van der Waals surface area (Å²) in [6.07, 6.45) is 0.853. The highest BCUT2D eigenvalue weighted by atomic mass is 16.5. The van der Waals surface area contributed by atoms with E-state index in [4.69, 9.17) is 11.5 Å². The number of esters is 1. The second-order valence-electron chi connectivity index (χ2n) is 1.72. The zero-order chi connectivity index (χ0) is 8.85. The molecule has 4 N–H and O–H groups in total. The topological polar surface area (TPSA) is 95.4 Å². The van der Waals surface area contributed by atoms with Crippen LogP contribution in [0.5, 0.6) is 0 Å². The Balaban J connectivity index is 4.08. The summed E-state index contributed by atoms with van der Waals surface area (Å²) in [7, 11) is 0. The number of amides is 1. The first kappa shape index (κ1) is 9.48. The first-order chi connectivity index (χ1) is 5.07. The molecule has 0 radical (unpaired) electrons. The van der Waals surface area contributed by atoms with Crippen LogP contribution in [0.3, 0.4) is 0 Å². The molecule has 5 heteroatoms. The number of carbonyl (C=O) groups excluding carboxylic acids is 2. The molecule has 0 spiro atoms. The van der Waals surface area contributed by atoms with E-state index in [1.165, 1.54) is 0 Å². The van der Waals surface area contributed by atoms with Crippen LogP contribution in [-0.2, 0) is 14.3 Å². The maximum atomic E-state index is 10.6. The van der Waals surface area contributed by atoms with Gasteiger partial charge in [0.1, 0.15) is 5.70 Å². The van der Waals surface area contributed by atoms with Crippen LogP contribution >= 0.6 is 0 Å². The van der Waals surface area contributed by atoms with Gasteiger partial charge in [0.2, 0.25) is 0 Å². The van der Waals surface area contributed by atoms with Gasteiger partial charge in [0.05, 0.1) is 12.7 Å². The van der Waals surface area contributed by atoms with Crippen LogP contribution in [0.2, 0.25) is 0 Å². The third kappa shape index (κ3) is 3.96. The predicted molar refractivity (Wildman–Crippen MR) is 38.1 cm³/mol. The summed E-state index contributed by atoms with van der Waals surface area (Å²) < 4.78 is 4.46. The molecular formula is C6H10N2O3. The summed E-state index contributed by atoms with van der Waals surface area (Å²) in [5.74, 6) is -1.50. The van der Waals surface area contributed by atoms with Crippen molar-refractivity contribution in [3.8, 4) is 0 Å². The van der Waals surface area contributed by atoms with Crippen LogP contribution in [0.1, 0.15) is 6.92 Å². The van der Waals surface area contributed by atoms with Gasteiger partial charge in [-0.3, -0.25) is 4.79 Å². The number of hydrogen-bond donors (Lipinski definition) is 2. The number of nitrogens with two attached hydrogens (primary N) is 2. The van der Waals surface area contributed by atoms with Gasteiger partial charge in [-0.05, 0) is 6.92 Å². The highest BCUT2D eigenvalue weighted by molar-refractivity contribution is 5.97. The lowest BCUT2D eigenvalue weighted by molar-refractivity contribution is -0.137. The number of rotatable bonds is 3. The summed E-state index contributed by atoms with van der Waals surface area (Å²) in [5, 5.41) is 0. The second-order valence-corrected chi connectivity index (χ2v) is 1.72. The Morgan fingerprint density at radius 1 is 1.45 bits per heavy atom. The molecule has 11 heavy (non-hydrogen) atoms. The summed E-state index contributed by atoms with van der Waals surface area (Å²) in [6.45, 7) is 1.88. The first-order valence-electron chi connectivity index (χ1n) is 3.01. The summed E-state index contributed by atoms with van der Waals surface area (Å²) in [5.41, 5.74) is 9.47. The van der Waals surface area contributed by atoms with Crippen molar-refractivity contribution >= 4 is 11.9 Å². The molecule has 1 amide bonds. The zero-order valence-corrected chi connectivity index (χ0v) is 6.16. The van der Waals surface area contributed by atoms with E-state index < -0.39 is 11.9 Å². The standard InChI is InChI=1S/C6H10N2O3/c1-2-11-5(9)3-4(7)6(8)10/h3H,2,7H2,1H3,(H2,8,10)/b4-3-. The average Bonchev–Trinajstić information content (AvgIpc) is 1.87. The van der Waals surface area contributed by atoms with Gasteiger partial charge in [-0.2, -0.15) is 0 Å². The third-order valence-electron chi connectivity index (χ3n) is 0.844. The Kier molecular flexibility index (Phi) is 3.72. The number of carbonyl (C=O) groups is 2. The molecule has 0 aromatic rings. The first-order valence-corrected chi connectivity index (χ1v) is 3.01. The van der Waals surface area contributed by atoms with Crippen molar-refractivity contribution in [3.63, 3.8) is 0 Å². The molecule has 0 fully saturated rings. The zero-order valence-electron chi connectivity index (χ0n) is 6.16. The monoisotopic (exact) mass is 158 g/mol. The van der Waals surface area contributed by atoms with Gasteiger partial charge >= 0.3 is 5.97 Å². The lowest BCUT2D eigenvalue weighted by atomic mass is 10.4. The summed E-state index contributed by atoms with van der Waals surface area (Å²) in [4.78, 5) is 20.8. The van der Waals surface area contributed by atoms with Crippen LogP contribution in [0.15, 0.2) is 11.8 Å². The number of hydrogen-bond acceptors (Lipinski definition) is 4. The van der Waals surface area contributed by atoms with Crippen LogP contribution in [-0.4, -0.2) is 18.5 Å². The molecule has 0 aliphatic heterocycles. The van der Waals surface area contributed by atoms with Gasteiger partial charge in [0.15, 0.2) is 0 Å². The van der Waals surface area contributed by atoms with Crippen molar-refractivity contribution < 1.29 is 14.3 Å². The molecule has 0 saturated carbocycles.